The molecule has 1 saturated carbocycles. The molecule has 14 heteroatoms. The van der Waals surface area contributed by atoms with E-state index in [1.165, 1.54) is 29.2 Å². The van der Waals surface area contributed by atoms with E-state index in [2.05, 4.69) is 20.6 Å². The molecule has 0 bridgehead atoms. The summed E-state index contributed by atoms with van der Waals surface area (Å²) in [7, 11) is -1.16. The molecule has 5 N–H and O–H groups in total. The monoisotopic (exact) mass is 593 g/mol. The number of amides is 1. The Balaban J connectivity index is 1.66. The Bertz CT molecular complexity index is 1440. The maximum absolute atomic E-state index is 13.9. The SMILES string of the molecule is CN(C)C(=O)c1cc(C2CCC(O)CC2)ccc1Nc1nc(Nc2ccc(CP(=O)(O)O)cc2)ncc1C(F)(F)F. The molecule has 0 saturated heterocycles. The second-order valence-electron chi connectivity index (χ2n) is 10.2. The highest BCUT2D eigenvalue weighted by Gasteiger charge is 2.36. The van der Waals surface area contributed by atoms with Gasteiger partial charge in [0.05, 0.1) is 23.5 Å². The van der Waals surface area contributed by atoms with Crippen LogP contribution in [0.5, 0.6) is 0 Å². The van der Waals surface area contributed by atoms with E-state index in [0.717, 1.165) is 18.4 Å². The molecule has 0 atom stereocenters. The number of anilines is 4. The van der Waals surface area contributed by atoms with Crippen LogP contribution in [0.4, 0.5) is 36.3 Å². The number of carbonyl (C=O) groups is 1. The van der Waals surface area contributed by atoms with Crippen molar-refractivity contribution in [1.82, 2.24) is 14.9 Å². The number of aliphatic hydroxyl groups excluding tert-OH is 1. The smallest absolute Gasteiger partial charge is 0.393 e. The topological polar surface area (TPSA) is 148 Å². The number of carbonyl (C=O) groups excluding carboxylic acids is 1. The van der Waals surface area contributed by atoms with Crippen LogP contribution in [-0.2, 0) is 16.9 Å². The summed E-state index contributed by atoms with van der Waals surface area (Å²) in [6.45, 7) is 0. The Morgan fingerprint density at radius 2 is 1.71 bits per heavy atom. The number of hydrogen-bond donors (Lipinski definition) is 5. The highest BCUT2D eigenvalue weighted by atomic mass is 31.2. The number of hydrogen-bond acceptors (Lipinski definition) is 7. The Morgan fingerprint density at radius 1 is 1.05 bits per heavy atom. The van der Waals surface area contributed by atoms with Crippen LogP contribution in [0.3, 0.4) is 0 Å². The summed E-state index contributed by atoms with van der Waals surface area (Å²) in [6, 6.07) is 10.9. The first-order valence-electron chi connectivity index (χ1n) is 12.8. The van der Waals surface area contributed by atoms with E-state index in [4.69, 9.17) is 9.79 Å². The van der Waals surface area contributed by atoms with Gasteiger partial charge in [0, 0.05) is 26.0 Å². The van der Waals surface area contributed by atoms with Gasteiger partial charge in [0.1, 0.15) is 11.4 Å². The predicted molar refractivity (Wildman–Crippen MR) is 147 cm³/mol. The summed E-state index contributed by atoms with van der Waals surface area (Å²) in [5.41, 5.74) is 0.825. The van der Waals surface area contributed by atoms with E-state index in [0.29, 0.717) is 30.3 Å². The number of alkyl halides is 3. The summed E-state index contributed by atoms with van der Waals surface area (Å²) in [4.78, 5) is 40.5. The molecule has 220 valence electrons. The van der Waals surface area contributed by atoms with Gasteiger partial charge in [-0.2, -0.15) is 18.2 Å². The van der Waals surface area contributed by atoms with Crippen molar-refractivity contribution in [2.24, 2.45) is 0 Å². The van der Waals surface area contributed by atoms with Gasteiger partial charge >= 0.3 is 13.8 Å². The Kier molecular flexibility index (Phi) is 9.03. The summed E-state index contributed by atoms with van der Waals surface area (Å²) in [6.07, 6.45) is -2.21. The van der Waals surface area contributed by atoms with Crippen LogP contribution in [0, 0.1) is 0 Å². The highest BCUT2D eigenvalue weighted by molar-refractivity contribution is 7.50. The lowest BCUT2D eigenvalue weighted by Gasteiger charge is -2.27. The second kappa shape index (κ2) is 12.2. The largest absolute Gasteiger partial charge is 0.421 e. The fourth-order valence-electron chi connectivity index (χ4n) is 4.68. The molecule has 1 aromatic heterocycles. The summed E-state index contributed by atoms with van der Waals surface area (Å²) < 4.78 is 53.0. The minimum atomic E-state index is -4.79. The summed E-state index contributed by atoms with van der Waals surface area (Å²) in [5.74, 6) is -1.01. The number of benzene rings is 2. The zero-order valence-corrected chi connectivity index (χ0v) is 23.3. The standard InChI is InChI=1S/C27H31F3N5O5P/c1-35(2)25(37)21-13-18(17-5-10-20(36)11-6-17)7-12-23(21)33-24-22(27(28,29)30)14-31-26(34-24)32-19-8-3-16(4-9-19)15-41(38,39)40/h3-4,7-9,12-14,17,20,36H,5-6,10-11,15H2,1-2H3,(H2,38,39,40)(H2,31,32,33,34). The molecule has 4 rings (SSSR count). The maximum Gasteiger partial charge on any atom is 0.421 e. The van der Waals surface area contributed by atoms with Gasteiger partial charge in [-0.3, -0.25) is 9.36 Å². The fraction of sp³-hybridized carbons (Fsp3) is 0.370. The van der Waals surface area contributed by atoms with Crippen LogP contribution in [0.2, 0.25) is 0 Å². The zero-order valence-electron chi connectivity index (χ0n) is 22.4. The lowest BCUT2D eigenvalue weighted by molar-refractivity contribution is -0.137. The van der Waals surface area contributed by atoms with E-state index in [9.17, 15) is 27.6 Å². The van der Waals surface area contributed by atoms with Gasteiger partial charge < -0.3 is 30.4 Å². The zero-order chi connectivity index (χ0) is 29.9. The highest BCUT2D eigenvalue weighted by Crippen LogP contribution is 2.40. The van der Waals surface area contributed by atoms with Crippen LogP contribution in [0.15, 0.2) is 48.7 Å². The number of aliphatic hydroxyl groups is 1. The minimum Gasteiger partial charge on any atom is -0.393 e. The van der Waals surface area contributed by atoms with E-state index in [1.807, 2.05) is 0 Å². The summed E-state index contributed by atoms with van der Waals surface area (Å²) >= 11 is 0. The van der Waals surface area contributed by atoms with Gasteiger partial charge in [-0.05, 0) is 67.0 Å². The molecule has 0 unspecified atom stereocenters. The van der Waals surface area contributed by atoms with Crippen molar-refractivity contribution in [3.8, 4) is 0 Å². The maximum atomic E-state index is 13.9. The molecule has 1 aliphatic carbocycles. The molecule has 2 aromatic carbocycles. The first-order chi connectivity index (χ1) is 19.2. The van der Waals surface area contributed by atoms with Crippen molar-refractivity contribution in [1.29, 1.82) is 0 Å². The lowest BCUT2D eigenvalue weighted by atomic mass is 9.82. The molecule has 1 fully saturated rings. The number of nitrogens with zero attached hydrogens (tertiary/aromatic N) is 3. The van der Waals surface area contributed by atoms with E-state index in [-0.39, 0.29) is 29.2 Å². The first-order valence-corrected chi connectivity index (χ1v) is 14.6. The van der Waals surface area contributed by atoms with Crippen molar-refractivity contribution >= 4 is 36.6 Å². The quantitative estimate of drug-likeness (QED) is 0.217. The fourth-order valence-corrected chi connectivity index (χ4v) is 5.37. The molecule has 3 aromatic rings. The van der Waals surface area contributed by atoms with Gasteiger partial charge in [-0.1, -0.05) is 18.2 Å². The van der Waals surface area contributed by atoms with Crippen LogP contribution >= 0.6 is 7.60 Å². The molecule has 10 nitrogen and oxygen atoms in total. The van der Waals surface area contributed by atoms with Gasteiger partial charge in [0.15, 0.2) is 0 Å². The number of rotatable bonds is 8. The molecule has 1 heterocycles. The predicted octanol–water partition coefficient (Wildman–Crippen LogP) is 5.38. The molecule has 0 radical (unpaired) electrons. The van der Waals surface area contributed by atoms with Gasteiger partial charge in [-0.25, -0.2) is 4.98 Å². The second-order valence-corrected chi connectivity index (χ2v) is 11.9. The van der Waals surface area contributed by atoms with Crippen molar-refractivity contribution in [2.45, 2.75) is 50.0 Å². The summed E-state index contributed by atoms with van der Waals surface area (Å²) in [5, 5.41) is 15.3. The van der Waals surface area contributed by atoms with Crippen LogP contribution < -0.4 is 10.6 Å². The molecule has 1 aliphatic rings. The third-order valence-electron chi connectivity index (χ3n) is 6.79. The van der Waals surface area contributed by atoms with E-state index < -0.39 is 37.2 Å². The Morgan fingerprint density at radius 3 is 2.29 bits per heavy atom. The van der Waals surface area contributed by atoms with Crippen LogP contribution in [-0.4, -0.2) is 55.9 Å². The van der Waals surface area contributed by atoms with Gasteiger partial charge in [0.25, 0.3) is 5.91 Å². The third-order valence-corrected chi connectivity index (χ3v) is 7.57. The van der Waals surface area contributed by atoms with Crippen molar-refractivity contribution in [3.05, 3.63) is 70.9 Å². The first kappa shape index (κ1) is 30.4. The van der Waals surface area contributed by atoms with Crippen molar-refractivity contribution in [3.63, 3.8) is 0 Å². The van der Waals surface area contributed by atoms with Gasteiger partial charge in [-0.15, -0.1) is 0 Å². The third kappa shape index (κ3) is 8.04. The molecule has 41 heavy (non-hydrogen) atoms. The van der Waals surface area contributed by atoms with E-state index in [1.54, 1.807) is 32.3 Å². The number of nitrogens with one attached hydrogen (secondary N) is 2. The Hall–Kier alpha value is -3.51. The number of halogens is 3. The molecular formula is C27H31F3N5O5P. The number of aromatic nitrogens is 2. The van der Waals surface area contributed by atoms with Crippen molar-refractivity contribution in [2.75, 3.05) is 24.7 Å². The van der Waals surface area contributed by atoms with Crippen molar-refractivity contribution < 1.29 is 37.4 Å². The minimum absolute atomic E-state index is 0.120. The normalized spacial score (nSPS) is 17.7. The average molecular weight is 594 g/mol. The average Bonchev–Trinajstić information content (AvgIpc) is 2.89. The molecule has 0 aliphatic heterocycles. The van der Waals surface area contributed by atoms with Gasteiger partial charge in [0.2, 0.25) is 5.95 Å². The molecule has 0 spiro atoms. The molecular weight excluding hydrogens is 562 g/mol. The lowest BCUT2D eigenvalue weighted by Crippen LogP contribution is -2.24. The van der Waals surface area contributed by atoms with E-state index >= 15 is 0 Å². The molecule has 1 amide bonds. The Labute approximate surface area is 234 Å². The van der Waals surface area contributed by atoms with Crippen LogP contribution in [0.1, 0.15) is 58.6 Å². The van der Waals surface area contributed by atoms with Crippen LogP contribution in [0.25, 0.3) is 0 Å².